The molecule has 2 rings (SSSR count). The lowest BCUT2D eigenvalue weighted by Gasteiger charge is -2.03. The number of imidazole rings is 1. The van der Waals surface area contributed by atoms with E-state index >= 15 is 0 Å². The largest absolute Gasteiger partial charge is 0.494 e. The number of hydrogen-bond donors (Lipinski definition) is 1. The van der Waals surface area contributed by atoms with Crippen LogP contribution in [0.1, 0.15) is 12.7 Å². The van der Waals surface area contributed by atoms with Crippen molar-refractivity contribution in [2.75, 3.05) is 13.2 Å². The monoisotopic (exact) mass is 245 g/mol. The van der Waals surface area contributed by atoms with E-state index < -0.39 is 0 Å². The summed E-state index contributed by atoms with van der Waals surface area (Å²) in [6, 6.07) is 7.99. The van der Waals surface area contributed by atoms with Crippen molar-refractivity contribution < 1.29 is 4.74 Å². The van der Waals surface area contributed by atoms with Gasteiger partial charge < -0.3 is 15.0 Å². The fraction of sp³-hybridized carbons (Fsp3) is 0.357. The molecule has 0 aliphatic rings. The summed E-state index contributed by atoms with van der Waals surface area (Å²) in [7, 11) is 0. The molecule has 0 aliphatic heterocycles. The third kappa shape index (κ3) is 2.71. The zero-order chi connectivity index (χ0) is 13.0. The number of nitrogens with zero attached hydrogens (tertiary/aromatic N) is 2. The van der Waals surface area contributed by atoms with Gasteiger partial charge in [0.25, 0.3) is 0 Å². The van der Waals surface area contributed by atoms with Gasteiger partial charge in [-0.15, -0.1) is 0 Å². The highest BCUT2D eigenvalue weighted by Gasteiger charge is 2.05. The number of nitrogens with two attached hydrogens (primary N) is 1. The van der Waals surface area contributed by atoms with Crippen LogP contribution in [0.5, 0.6) is 5.75 Å². The number of hydrogen-bond acceptors (Lipinski definition) is 3. The van der Waals surface area contributed by atoms with E-state index in [1.165, 1.54) is 0 Å². The van der Waals surface area contributed by atoms with E-state index in [1.807, 2.05) is 44.3 Å². The molecule has 1 aromatic carbocycles. The molecule has 0 unspecified atom stereocenters. The van der Waals surface area contributed by atoms with Crippen LogP contribution in [0.25, 0.3) is 11.3 Å². The van der Waals surface area contributed by atoms with Gasteiger partial charge in [0.1, 0.15) is 11.6 Å². The van der Waals surface area contributed by atoms with Gasteiger partial charge in [0.05, 0.1) is 12.3 Å². The van der Waals surface area contributed by atoms with E-state index in [1.54, 1.807) is 0 Å². The lowest BCUT2D eigenvalue weighted by molar-refractivity contribution is 0.340. The van der Waals surface area contributed by atoms with Crippen molar-refractivity contribution in [2.45, 2.75) is 20.4 Å². The predicted molar refractivity (Wildman–Crippen MR) is 72.6 cm³/mol. The SMILES string of the molecule is CCOc1ccc(-c2cn(CCN)c(C)n2)cc1. The minimum Gasteiger partial charge on any atom is -0.494 e. The first kappa shape index (κ1) is 12.6. The fourth-order valence-electron chi connectivity index (χ4n) is 1.90. The molecule has 18 heavy (non-hydrogen) atoms. The van der Waals surface area contributed by atoms with Gasteiger partial charge in [-0.25, -0.2) is 4.98 Å². The lowest BCUT2D eigenvalue weighted by atomic mass is 10.2. The van der Waals surface area contributed by atoms with Crippen molar-refractivity contribution in [1.29, 1.82) is 0 Å². The molecule has 0 amide bonds. The van der Waals surface area contributed by atoms with Gasteiger partial charge in [-0.2, -0.15) is 0 Å². The molecule has 4 heteroatoms. The summed E-state index contributed by atoms with van der Waals surface area (Å²) in [5, 5.41) is 0. The second-order valence-corrected chi connectivity index (χ2v) is 4.11. The summed E-state index contributed by atoms with van der Waals surface area (Å²) < 4.78 is 7.50. The number of rotatable bonds is 5. The molecule has 96 valence electrons. The van der Waals surface area contributed by atoms with Crippen LogP contribution in [0.15, 0.2) is 30.5 Å². The van der Waals surface area contributed by atoms with E-state index in [2.05, 4.69) is 9.55 Å². The fourth-order valence-corrected chi connectivity index (χ4v) is 1.90. The molecule has 0 aliphatic carbocycles. The third-order valence-corrected chi connectivity index (χ3v) is 2.81. The van der Waals surface area contributed by atoms with Crippen LogP contribution < -0.4 is 10.5 Å². The standard InChI is InChI=1S/C14H19N3O/c1-3-18-13-6-4-12(5-7-13)14-10-17(9-8-15)11(2)16-14/h4-7,10H,3,8-9,15H2,1-2H3. The van der Waals surface area contributed by atoms with Crippen molar-refractivity contribution in [2.24, 2.45) is 5.73 Å². The molecule has 0 saturated carbocycles. The molecule has 1 aromatic heterocycles. The van der Waals surface area contributed by atoms with Crippen molar-refractivity contribution in [3.8, 4) is 17.0 Å². The van der Waals surface area contributed by atoms with Crippen molar-refractivity contribution in [1.82, 2.24) is 9.55 Å². The van der Waals surface area contributed by atoms with Gasteiger partial charge in [-0.1, -0.05) is 0 Å². The maximum Gasteiger partial charge on any atom is 0.119 e. The van der Waals surface area contributed by atoms with E-state index in [0.29, 0.717) is 13.2 Å². The quantitative estimate of drug-likeness (QED) is 0.878. The Hall–Kier alpha value is -1.81. The van der Waals surface area contributed by atoms with Crippen LogP contribution in [-0.4, -0.2) is 22.7 Å². The molecule has 0 atom stereocenters. The maximum atomic E-state index is 5.57. The highest BCUT2D eigenvalue weighted by Crippen LogP contribution is 2.21. The van der Waals surface area contributed by atoms with Gasteiger partial charge in [0.2, 0.25) is 0 Å². The first-order chi connectivity index (χ1) is 8.74. The van der Waals surface area contributed by atoms with Crippen molar-refractivity contribution in [3.05, 3.63) is 36.3 Å². The zero-order valence-electron chi connectivity index (χ0n) is 10.9. The third-order valence-electron chi connectivity index (χ3n) is 2.81. The molecule has 0 spiro atoms. The van der Waals surface area contributed by atoms with Crippen LogP contribution >= 0.6 is 0 Å². The Morgan fingerprint density at radius 3 is 2.61 bits per heavy atom. The molecule has 2 aromatic rings. The first-order valence-corrected chi connectivity index (χ1v) is 6.21. The highest BCUT2D eigenvalue weighted by molar-refractivity contribution is 5.59. The summed E-state index contributed by atoms with van der Waals surface area (Å²) in [5.41, 5.74) is 7.64. The molecule has 2 N–H and O–H groups in total. The van der Waals surface area contributed by atoms with Gasteiger partial charge >= 0.3 is 0 Å². The van der Waals surface area contributed by atoms with Crippen molar-refractivity contribution in [3.63, 3.8) is 0 Å². The minimum atomic E-state index is 0.625. The molecule has 4 nitrogen and oxygen atoms in total. The summed E-state index contributed by atoms with van der Waals surface area (Å²) >= 11 is 0. The smallest absolute Gasteiger partial charge is 0.119 e. The van der Waals surface area contributed by atoms with E-state index in [9.17, 15) is 0 Å². The molecule has 0 fully saturated rings. The van der Waals surface area contributed by atoms with E-state index in [0.717, 1.165) is 29.4 Å². The molecular formula is C14H19N3O. The van der Waals surface area contributed by atoms with Crippen molar-refractivity contribution >= 4 is 0 Å². The summed E-state index contributed by atoms with van der Waals surface area (Å²) in [6.45, 7) is 6.08. The Morgan fingerprint density at radius 2 is 2.00 bits per heavy atom. The van der Waals surface area contributed by atoms with Crippen LogP contribution in [-0.2, 0) is 6.54 Å². The zero-order valence-corrected chi connectivity index (χ0v) is 10.9. The Bertz CT molecular complexity index is 502. The lowest BCUT2D eigenvalue weighted by Crippen LogP contribution is -2.10. The second-order valence-electron chi connectivity index (χ2n) is 4.11. The first-order valence-electron chi connectivity index (χ1n) is 6.21. The molecule has 0 radical (unpaired) electrons. The van der Waals surface area contributed by atoms with Gasteiger partial charge in [0.15, 0.2) is 0 Å². The molecular weight excluding hydrogens is 226 g/mol. The average molecular weight is 245 g/mol. The molecule has 0 saturated heterocycles. The number of aryl methyl sites for hydroxylation is 1. The predicted octanol–water partition coefficient (Wildman–Crippen LogP) is 2.22. The summed E-state index contributed by atoms with van der Waals surface area (Å²) in [6.07, 6.45) is 2.04. The normalized spacial score (nSPS) is 10.6. The summed E-state index contributed by atoms with van der Waals surface area (Å²) in [5.74, 6) is 1.88. The maximum absolute atomic E-state index is 5.57. The Labute approximate surface area is 107 Å². The number of ether oxygens (including phenoxy) is 1. The molecule has 1 heterocycles. The van der Waals surface area contributed by atoms with Gasteiger partial charge in [-0.3, -0.25) is 0 Å². The topological polar surface area (TPSA) is 53.1 Å². The number of benzene rings is 1. The number of aromatic nitrogens is 2. The Balaban J connectivity index is 2.22. The minimum absolute atomic E-state index is 0.625. The van der Waals surface area contributed by atoms with E-state index in [4.69, 9.17) is 10.5 Å². The van der Waals surface area contributed by atoms with E-state index in [-0.39, 0.29) is 0 Å². The van der Waals surface area contributed by atoms with Gasteiger partial charge in [-0.05, 0) is 38.1 Å². The molecule has 0 bridgehead atoms. The Kier molecular flexibility index (Phi) is 3.99. The second kappa shape index (κ2) is 5.69. The highest BCUT2D eigenvalue weighted by atomic mass is 16.5. The van der Waals surface area contributed by atoms with Crippen LogP contribution in [0.2, 0.25) is 0 Å². The van der Waals surface area contributed by atoms with Gasteiger partial charge in [0, 0.05) is 24.8 Å². The van der Waals surface area contributed by atoms with Crippen LogP contribution in [0, 0.1) is 6.92 Å². The average Bonchev–Trinajstić information content (AvgIpc) is 2.73. The summed E-state index contributed by atoms with van der Waals surface area (Å²) in [4.78, 5) is 4.54. The van der Waals surface area contributed by atoms with Crippen LogP contribution in [0.4, 0.5) is 0 Å². The van der Waals surface area contributed by atoms with Crippen LogP contribution in [0.3, 0.4) is 0 Å². The Morgan fingerprint density at radius 1 is 1.28 bits per heavy atom.